The lowest BCUT2D eigenvalue weighted by Gasteiger charge is -2.40. The molecule has 3 N–H and O–H groups in total. The van der Waals surface area contributed by atoms with Crippen molar-refractivity contribution >= 4 is 33.5 Å². The monoisotopic (exact) mass is 561 g/mol. The van der Waals surface area contributed by atoms with Crippen molar-refractivity contribution in [1.29, 1.82) is 5.26 Å². The topological polar surface area (TPSA) is 150 Å². The van der Waals surface area contributed by atoms with E-state index in [1.807, 2.05) is 6.07 Å². The van der Waals surface area contributed by atoms with Gasteiger partial charge in [0.2, 0.25) is 0 Å². The van der Waals surface area contributed by atoms with Gasteiger partial charge in [0.25, 0.3) is 5.56 Å². The second-order valence-corrected chi connectivity index (χ2v) is 11.6. The molecule has 39 heavy (non-hydrogen) atoms. The Bertz CT molecular complexity index is 1460. The van der Waals surface area contributed by atoms with E-state index >= 15 is 0 Å². The lowest BCUT2D eigenvalue weighted by molar-refractivity contribution is -0.154. The quantitative estimate of drug-likeness (QED) is 0.280. The van der Waals surface area contributed by atoms with E-state index in [9.17, 15) is 28.3 Å². The number of ether oxygens (including phenoxy) is 2. The molecule has 13 heteroatoms. The summed E-state index contributed by atoms with van der Waals surface area (Å²) in [6.07, 6.45) is 1.87. The van der Waals surface area contributed by atoms with Gasteiger partial charge in [0.1, 0.15) is 23.0 Å². The molecule has 2 aromatic carbocycles. The first-order chi connectivity index (χ1) is 18.3. The summed E-state index contributed by atoms with van der Waals surface area (Å²) in [5, 5.41) is 9.92. The number of hydrogen-bond donors (Lipinski definition) is 3. The summed E-state index contributed by atoms with van der Waals surface area (Å²) < 4.78 is 51.6. The van der Waals surface area contributed by atoms with Crippen LogP contribution in [0.15, 0.2) is 41.5 Å². The van der Waals surface area contributed by atoms with Crippen molar-refractivity contribution in [2.75, 3.05) is 18.3 Å². The maximum absolute atomic E-state index is 14.8. The van der Waals surface area contributed by atoms with Crippen molar-refractivity contribution in [1.82, 2.24) is 13.9 Å². The number of anilines is 1. The molecular weight excluding hydrogens is 529 g/mol. The SMILES string of the molecule is CCN(C)S(O)(O)Nc1ccc(F)c(Oc2ccc3ncn(CCCC(=O)OC(C)(C)C)c(=O)c3c2)c1C#N. The zero-order chi connectivity index (χ0) is 29.0. The highest BCUT2D eigenvalue weighted by molar-refractivity contribution is 8.23. The molecule has 3 aromatic rings. The molecule has 0 radical (unpaired) electrons. The molecule has 0 saturated carbocycles. The molecule has 0 fully saturated rings. The van der Waals surface area contributed by atoms with Crippen LogP contribution in [0.2, 0.25) is 0 Å². The highest BCUT2D eigenvalue weighted by atomic mass is 32.3. The van der Waals surface area contributed by atoms with Gasteiger partial charge in [0.05, 0.1) is 22.9 Å². The molecule has 1 aromatic heterocycles. The Hall–Kier alpha value is -3.70. The average Bonchev–Trinajstić information content (AvgIpc) is 2.86. The van der Waals surface area contributed by atoms with E-state index in [1.165, 1.54) is 46.5 Å². The first kappa shape index (κ1) is 29.9. The Kier molecular flexibility index (Phi) is 9.18. The molecule has 210 valence electrons. The second kappa shape index (κ2) is 12.0. The summed E-state index contributed by atoms with van der Waals surface area (Å²) in [5.74, 6) is -1.60. The number of fused-ring (bicyclic) bond motifs is 1. The first-order valence-electron chi connectivity index (χ1n) is 12.1. The predicted molar refractivity (Wildman–Crippen MR) is 147 cm³/mol. The minimum Gasteiger partial charge on any atom is -0.460 e. The van der Waals surface area contributed by atoms with E-state index < -0.39 is 28.1 Å². The summed E-state index contributed by atoms with van der Waals surface area (Å²) in [6.45, 7) is 7.57. The fourth-order valence-corrected chi connectivity index (χ4v) is 4.50. The van der Waals surface area contributed by atoms with Crippen molar-refractivity contribution < 1.29 is 27.8 Å². The predicted octanol–water partition coefficient (Wildman–Crippen LogP) is 5.27. The van der Waals surface area contributed by atoms with E-state index in [0.29, 0.717) is 18.5 Å². The van der Waals surface area contributed by atoms with Crippen LogP contribution in [0.3, 0.4) is 0 Å². The largest absolute Gasteiger partial charge is 0.460 e. The summed E-state index contributed by atoms with van der Waals surface area (Å²) in [4.78, 5) is 29.3. The Labute approximate surface area is 227 Å². The summed E-state index contributed by atoms with van der Waals surface area (Å²) in [5.41, 5.74) is -0.928. The number of nitrogens with one attached hydrogen (secondary N) is 1. The highest BCUT2D eigenvalue weighted by Crippen LogP contribution is 2.44. The van der Waals surface area contributed by atoms with Crippen LogP contribution in [0.4, 0.5) is 10.1 Å². The summed E-state index contributed by atoms with van der Waals surface area (Å²) in [6, 6.07) is 8.45. The molecule has 11 nitrogen and oxygen atoms in total. The van der Waals surface area contributed by atoms with Gasteiger partial charge < -0.3 is 9.47 Å². The molecule has 0 atom stereocenters. The smallest absolute Gasteiger partial charge is 0.306 e. The number of aryl methyl sites for hydroxylation is 1. The van der Waals surface area contributed by atoms with Crippen LogP contribution in [0.25, 0.3) is 10.9 Å². The molecule has 0 aliphatic rings. The maximum Gasteiger partial charge on any atom is 0.306 e. The Morgan fingerprint density at radius 1 is 1.28 bits per heavy atom. The van der Waals surface area contributed by atoms with Gasteiger partial charge in [-0.2, -0.15) is 9.57 Å². The standard InChI is InChI=1S/C26H32FN5O6S/c1-6-31(5)39(35,36)30-22-12-10-20(27)24(19(22)15-28)37-17-9-11-21-18(14-17)25(34)32(16-29-21)13-7-8-23(33)38-26(2,3)4/h9-12,14,16,30,35-36H,6-8,13H2,1-5H3. The van der Waals surface area contributed by atoms with Gasteiger partial charge in [0.15, 0.2) is 11.6 Å². The number of nitriles is 1. The van der Waals surface area contributed by atoms with Crippen LogP contribution < -0.4 is 15.0 Å². The molecule has 0 aliphatic heterocycles. The van der Waals surface area contributed by atoms with E-state index in [2.05, 4.69) is 9.71 Å². The van der Waals surface area contributed by atoms with E-state index in [1.54, 1.807) is 27.7 Å². The van der Waals surface area contributed by atoms with Gasteiger partial charge in [-0.15, -0.1) is 0 Å². The van der Waals surface area contributed by atoms with Gasteiger partial charge in [-0.3, -0.25) is 28.0 Å². The maximum atomic E-state index is 14.8. The van der Waals surface area contributed by atoms with Crippen molar-refractivity contribution in [2.24, 2.45) is 0 Å². The number of halogens is 1. The van der Waals surface area contributed by atoms with E-state index in [4.69, 9.17) is 9.47 Å². The van der Waals surface area contributed by atoms with Crippen LogP contribution in [0.5, 0.6) is 11.5 Å². The molecule has 0 bridgehead atoms. The minimum atomic E-state index is -3.49. The molecular formula is C26H32FN5O6S. The van der Waals surface area contributed by atoms with E-state index in [-0.39, 0.29) is 46.9 Å². The molecule has 3 rings (SSSR count). The average molecular weight is 562 g/mol. The third-order valence-corrected chi connectivity index (χ3v) is 7.18. The molecule has 0 amide bonds. The number of nitrogens with zero attached hydrogens (tertiary/aromatic N) is 4. The minimum absolute atomic E-state index is 0.0380. The van der Waals surface area contributed by atoms with Crippen molar-refractivity contribution in [3.8, 4) is 17.6 Å². The second-order valence-electron chi connectivity index (χ2n) is 9.69. The van der Waals surface area contributed by atoms with Crippen molar-refractivity contribution in [3.05, 3.63) is 58.4 Å². The Morgan fingerprint density at radius 2 is 2.00 bits per heavy atom. The number of aromatic nitrogens is 2. The van der Waals surface area contributed by atoms with Crippen molar-refractivity contribution in [3.63, 3.8) is 0 Å². The number of carbonyl (C=O) groups excluding carboxylic acids is 1. The van der Waals surface area contributed by atoms with Gasteiger partial charge in [-0.1, -0.05) is 17.9 Å². The molecule has 0 aliphatic carbocycles. The normalized spacial score (nSPS) is 12.3. The van der Waals surface area contributed by atoms with Gasteiger partial charge in [-0.25, -0.2) is 9.37 Å². The molecule has 0 unspecified atom stereocenters. The number of benzene rings is 2. The van der Waals surface area contributed by atoms with E-state index in [0.717, 1.165) is 6.07 Å². The van der Waals surface area contributed by atoms with Crippen LogP contribution in [-0.2, 0) is 16.1 Å². The lowest BCUT2D eigenvalue weighted by Crippen LogP contribution is -2.28. The van der Waals surface area contributed by atoms with Crippen LogP contribution >= 0.6 is 11.0 Å². The van der Waals surface area contributed by atoms with Gasteiger partial charge in [-0.05, 0) is 57.5 Å². The van der Waals surface area contributed by atoms with Gasteiger partial charge >= 0.3 is 5.97 Å². The first-order valence-corrected chi connectivity index (χ1v) is 13.6. The van der Waals surface area contributed by atoms with Crippen LogP contribution in [0, 0.1) is 17.1 Å². The number of rotatable bonds is 10. The summed E-state index contributed by atoms with van der Waals surface area (Å²) in [7, 11) is -2.01. The van der Waals surface area contributed by atoms with Crippen LogP contribution in [0.1, 0.15) is 46.1 Å². The number of carbonyl (C=O) groups is 1. The third-order valence-electron chi connectivity index (χ3n) is 5.56. The zero-order valence-electron chi connectivity index (χ0n) is 22.4. The van der Waals surface area contributed by atoms with Crippen LogP contribution in [-0.4, -0.2) is 48.1 Å². The zero-order valence-corrected chi connectivity index (χ0v) is 23.2. The fourth-order valence-electron chi connectivity index (χ4n) is 3.52. The molecule has 0 spiro atoms. The number of esters is 1. The van der Waals surface area contributed by atoms with Crippen molar-refractivity contribution in [2.45, 2.75) is 52.7 Å². The third kappa shape index (κ3) is 7.45. The van der Waals surface area contributed by atoms with Gasteiger partial charge in [0, 0.05) is 26.6 Å². The Balaban J connectivity index is 1.87. The highest BCUT2D eigenvalue weighted by Gasteiger charge is 2.23. The fraction of sp³-hybridized carbons (Fsp3) is 0.385. The Morgan fingerprint density at radius 3 is 2.64 bits per heavy atom. The lowest BCUT2D eigenvalue weighted by atomic mass is 10.1. The molecule has 0 saturated heterocycles. The number of hydrogen-bond acceptors (Lipinski definition) is 10. The molecule has 1 heterocycles. The summed E-state index contributed by atoms with van der Waals surface area (Å²) >= 11 is 0.